The Labute approximate surface area is 94.2 Å². The SMILES string of the molecule is O=C(C=Cc1ccccc1O)C1C=CC=C1. The molecule has 2 heteroatoms. The highest BCUT2D eigenvalue weighted by molar-refractivity contribution is 5.98. The van der Waals surface area contributed by atoms with Crippen molar-refractivity contribution in [3.63, 3.8) is 0 Å². The molecular weight excluding hydrogens is 200 g/mol. The molecule has 0 amide bonds. The molecule has 0 bridgehead atoms. The predicted molar refractivity (Wildman–Crippen MR) is 63.9 cm³/mol. The molecule has 1 aromatic carbocycles. The first-order valence-electron chi connectivity index (χ1n) is 5.12. The summed E-state index contributed by atoms with van der Waals surface area (Å²) >= 11 is 0. The lowest BCUT2D eigenvalue weighted by molar-refractivity contribution is -0.115. The molecule has 0 unspecified atom stereocenters. The van der Waals surface area contributed by atoms with Crippen LogP contribution in [0.2, 0.25) is 0 Å². The molecule has 0 aliphatic heterocycles. The summed E-state index contributed by atoms with van der Waals surface area (Å²) in [6, 6.07) is 6.93. The molecule has 0 spiro atoms. The lowest BCUT2D eigenvalue weighted by atomic mass is 10.0. The molecule has 0 fully saturated rings. The second kappa shape index (κ2) is 4.62. The van der Waals surface area contributed by atoms with E-state index in [4.69, 9.17) is 0 Å². The molecule has 0 saturated heterocycles. The number of hydrogen-bond acceptors (Lipinski definition) is 2. The largest absolute Gasteiger partial charge is 0.507 e. The second-order valence-electron chi connectivity index (χ2n) is 3.59. The summed E-state index contributed by atoms with van der Waals surface area (Å²) in [5.74, 6) is 0.0550. The van der Waals surface area contributed by atoms with E-state index in [-0.39, 0.29) is 17.5 Å². The van der Waals surface area contributed by atoms with Crippen LogP contribution in [-0.2, 0) is 4.79 Å². The fourth-order valence-electron chi connectivity index (χ4n) is 1.53. The summed E-state index contributed by atoms with van der Waals surface area (Å²) in [7, 11) is 0. The van der Waals surface area contributed by atoms with Gasteiger partial charge in [-0.3, -0.25) is 4.79 Å². The van der Waals surface area contributed by atoms with Crippen LogP contribution in [0.15, 0.2) is 54.6 Å². The highest BCUT2D eigenvalue weighted by atomic mass is 16.3. The number of para-hydroxylation sites is 1. The Kier molecular flexibility index (Phi) is 3.01. The van der Waals surface area contributed by atoms with Crippen molar-refractivity contribution in [1.82, 2.24) is 0 Å². The van der Waals surface area contributed by atoms with E-state index in [1.807, 2.05) is 30.4 Å². The van der Waals surface area contributed by atoms with Crippen LogP contribution in [0.5, 0.6) is 5.75 Å². The Morgan fingerprint density at radius 2 is 1.88 bits per heavy atom. The number of carbonyl (C=O) groups is 1. The van der Waals surface area contributed by atoms with Gasteiger partial charge in [-0.1, -0.05) is 42.5 Å². The quantitative estimate of drug-likeness (QED) is 0.782. The van der Waals surface area contributed by atoms with Crippen LogP contribution in [-0.4, -0.2) is 10.9 Å². The first-order valence-corrected chi connectivity index (χ1v) is 5.12. The number of hydrogen-bond donors (Lipinski definition) is 1. The summed E-state index contributed by atoms with van der Waals surface area (Å²) in [6.07, 6.45) is 10.5. The van der Waals surface area contributed by atoms with E-state index in [0.29, 0.717) is 5.56 Å². The van der Waals surface area contributed by atoms with Crippen LogP contribution in [0, 0.1) is 5.92 Å². The molecule has 1 N–H and O–H groups in total. The molecular formula is C14H12O2. The smallest absolute Gasteiger partial charge is 0.166 e. The van der Waals surface area contributed by atoms with Crippen LogP contribution in [0.1, 0.15) is 5.56 Å². The molecule has 2 nitrogen and oxygen atoms in total. The lowest BCUT2D eigenvalue weighted by Crippen LogP contribution is -2.03. The summed E-state index contributed by atoms with van der Waals surface area (Å²) in [4.78, 5) is 11.7. The van der Waals surface area contributed by atoms with Gasteiger partial charge in [0.2, 0.25) is 0 Å². The maximum absolute atomic E-state index is 11.7. The van der Waals surface area contributed by atoms with Gasteiger partial charge in [0.1, 0.15) is 5.75 Å². The monoisotopic (exact) mass is 212 g/mol. The number of allylic oxidation sites excluding steroid dienone is 5. The van der Waals surface area contributed by atoms with Crippen molar-refractivity contribution < 1.29 is 9.90 Å². The number of phenols is 1. The Hall–Kier alpha value is -2.09. The average Bonchev–Trinajstić information content (AvgIpc) is 2.81. The second-order valence-corrected chi connectivity index (χ2v) is 3.59. The third-order valence-electron chi connectivity index (χ3n) is 2.44. The molecule has 0 saturated carbocycles. The summed E-state index contributed by atoms with van der Waals surface area (Å²) < 4.78 is 0. The number of carbonyl (C=O) groups excluding carboxylic acids is 1. The third kappa shape index (κ3) is 2.28. The highest BCUT2D eigenvalue weighted by Gasteiger charge is 2.10. The van der Waals surface area contributed by atoms with Gasteiger partial charge in [0.15, 0.2) is 5.78 Å². The minimum Gasteiger partial charge on any atom is -0.507 e. The molecule has 0 atom stereocenters. The van der Waals surface area contributed by atoms with Crippen molar-refractivity contribution in [2.24, 2.45) is 5.92 Å². The molecule has 80 valence electrons. The summed E-state index contributed by atoms with van der Waals surface area (Å²) in [6.45, 7) is 0. The van der Waals surface area contributed by atoms with Crippen molar-refractivity contribution in [3.8, 4) is 5.75 Å². The molecule has 0 heterocycles. The van der Waals surface area contributed by atoms with Gasteiger partial charge in [0.25, 0.3) is 0 Å². The zero-order valence-corrected chi connectivity index (χ0v) is 8.71. The maximum Gasteiger partial charge on any atom is 0.166 e. The zero-order chi connectivity index (χ0) is 11.4. The first-order chi connectivity index (χ1) is 7.77. The minimum absolute atomic E-state index is 0.0215. The first kappa shape index (κ1) is 10.4. The van der Waals surface area contributed by atoms with E-state index in [2.05, 4.69) is 0 Å². The van der Waals surface area contributed by atoms with Crippen molar-refractivity contribution in [3.05, 3.63) is 60.2 Å². The maximum atomic E-state index is 11.7. The Bertz CT molecular complexity index is 469. The number of ketones is 1. The van der Waals surface area contributed by atoms with Crippen molar-refractivity contribution in [2.45, 2.75) is 0 Å². The van der Waals surface area contributed by atoms with E-state index >= 15 is 0 Å². The van der Waals surface area contributed by atoms with Gasteiger partial charge in [-0.25, -0.2) is 0 Å². The third-order valence-corrected chi connectivity index (χ3v) is 2.44. The summed E-state index contributed by atoms with van der Waals surface area (Å²) in [5.41, 5.74) is 0.654. The van der Waals surface area contributed by atoms with Gasteiger partial charge in [-0.15, -0.1) is 0 Å². The minimum atomic E-state index is -0.151. The van der Waals surface area contributed by atoms with E-state index in [9.17, 15) is 9.90 Å². The Balaban J connectivity index is 2.10. The van der Waals surface area contributed by atoms with Gasteiger partial charge in [-0.05, 0) is 18.2 Å². The Morgan fingerprint density at radius 3 is 2.56 bits per heavy atom. The van der Waals surface area contributed by atoms with Crippen molar-refractivity contribution >= 4 is 11.9 Å². The van der Waals surface area contributed by atoms with Gasteiger partial charge in [0.05, 0.1) is 5.92 Å². The van der Waals surface area contributed by atoms with E-state index in [1.165, 1.54) is 6.08 Å². The van der Waals surface area contributed by atoms with Crippen molar-refractivity contribution in [1.29, 1.82) is 0 Å². The molecule has 0 radical (unpaired) electrons. The standard InChI is InChI=1S/C14H12O2/c15-13-8-4-3-7-12(13)9-10-14(16)11-5-1-2-6-11/h1-11,15H. The zero-order valence-electron chi connectivity index (χ0n) is 8.71. The van der Waals surface area contributed by atoms with Crippen LogP contribution in [0.25, 0.3) is 6.08 Å². The van der Waals surface area contributed by atoms with Gasteiger partial charge in [-0.2, -0.15) is 0 Å². The molecule has 1 aliphatic rings. The molecule has 16 heavy (non-hydrogen) atoms. The Morgan fingerprint density at radius 1 is 1.19 bits per heavy atom. The number of phenolic OH excluding ortho intramolecular Hbond substituents is 1. The average molecular weight is 212 g/mol. The van der Waals surface area contributed by atoms with E-state index in [0.717, 1.165) is 0 Å². The van der Waals surface area contributed by atoms with Crippen LogP contribution in [0.4, 0.5) is 0 Å². The van der Waals surface area contributed by atoms with E-state index < -0.39 is 0 Å². The molecule has 2 rings (SSSR count). The fourth-order valence-corrected chi connectivity index (χ4v) is 1.53. The molecule has 0 aromatic heterocycles. The number of rotatable bonds is 3. The highest BCUT2D eigenvalue weighted by Crippen LogP contribution is 2.18. The van der Waals surface area contributed by atoms with Crippen LogP contribution >= 0.6 is 0 Å². The summed E-state index contributed by atoms with van der Waals surface area (Å²) in [5, 5.41) is 9.50. The van der Waals surface area contributed by atoms with Crippen LogP contribution in [0.3, 0.4) is 0 Å². The number of benzene rings is 1. The lowest BCUT2D eigenvalue weighted by Gasteiger charge is -1.99. The van der Waals surface area contributed by atoms with Gasteiger partial charge in [0, 0.05) is 5.56 Å². The van der Waals surface area contributed by atoms with Crippen molar-refractivity contribution in [2.75, 3.05) is 0 Å². The van der Waals surface area contributed by atoms with Gasteiger partial charge >= 0.3 is 0 Å². The molecule has 1 aliphatic carbocycles. The van der Waals surface area contributed by atoms with E-state index in [1.54, 1.807) is 24.3 Å². The predicted octanol–water partition coefficient (Wildman–Crippen LogP) is 2.72. The number of aromatic hydroxyl groups is 1. The van der Waals surface area contributed by atoms with Gasteiger partial charge < -0.3 is 5.11 Å². The normalized spacial score (nSPS) is 15.0. The topological polar surface area (TPSA) is 37.3 Å². The molecule has 1 aromatic rings. The van der Waals surface area contributed by atoms with Crippen LogP contribution < -0.4 is 0 Å². The fraction of sp³-hybridized carbons (Fsp3) is 0.0714.